The third-order valence-corrected chi connectivity index (χ3v) is 5.42. The van der Waals surface area contributed by atoms with E-state index in [1.807, 2.05) is 0 Å². The van der Waals surface area contributed by atoms with Gasteiger partial charge in [0.2, 0.25) is 5.91 Å². The zero-order valence-corrected chi connectivity index (χ0v) is 15.3. The van der Waals surface area contributed by atoms with E-state index in [4.69, 9.17) is 4.74 Å². The number of sulfone groups is 1. The van der Waals surface area contributed by atoms with Gasteiger partial charge in [-0.25, -0.2) is 13.2 Å². The summed E-state index contributed by atoms with van der Waals surface area (Å²) in [6.45, 7) is 2.02. The van der Waals surface area contributed by atoms with E-state index in [0.29, 0.717) is 17.9 Å². The maximum atomic E-state index is 12.2. The molecule has 2 aromatic rings. The number of carbonyl (C=O) groups is 2. The summed E-state index contributed by atoms with van der Waals surface area (Å²) in [7, 11) is -3.38. The van der Waals surface area contributed by atoms with Gasteiger partial charge in [-0.05, 0) is 49.7 Å². The first-order valence-electron chi connectivity index (χ1n) is 8.27. The fourth-order valence-corrected chi connectivity index (χ4v) is 3.63. The molecule has 1 amide bonds. The van der Waals surface area contributed by atoms with Gasteiger partial charge in [0, 0.05) is 12.1 Å². The number of nitrogens with one attached hydrogen (secondary N) is 1. The Morgan fingerprint density at radius 3 is 2.27 bits per heavy atom. The van der Waals surface area contributed by atoms with E-state index in [-0.39, 0.29) is 29.4 Å². The van der Waals surface area contributed by atoms with Crippen LogP contribution in [0.5, 0.6) is 0 Å². The van der Waals surface area contributed by atoms with Crippen LogP contribution in [0.3, 0.4) is 0 Å². The van der Waals surface area contributed by atoms with Crippen LogP contribution in [0.15, 0.2) is 59.5 Å². The Balaban J connectivity index is 1.83. The van der Waals surface area contributed by atoms with Crippen molar-refractivity contribution in [2.45, 2.75) is 24.7 Å². The van der Waals surface area contributed by atoms with Gasteiger partial charge in [-0.2, -0.15) is 0 Å². The molecule has 26 heavy (non-hydrogen) atoms. The number of hydrogen-bond donors (Lipinski definition) is 1. The first kappa shape index (κ1) is 19.7. The summed E-state index contributed by atoms with van der Waals surface area (Å²) >= 11 is 0. The molecule has 7 heteroatoms. The van der Waals surface area contributed by atoms with Crippen molar-refractivity contribution < 1.29 is 22.7 Å². The van der Waals surface area contributed by atoms with Gasteiger partial charge in [0.15, 0.2) is 9.84 Å². The lowest BCUT2D eigenvalue weighted by atomic mass is 10.2. The van der Waals surface area contributed by atoms with Gasteiger partial charge in [0.1, 0.15) is 0 Å². The average molecular weight is 375 g/mol. The first-order valence-corrected chi connectivity index (χ1v) is 9.92. The van der Waals surface area contributed by atoms with Gasteiger partial charge in [0.05, 0.1) is 22.8 Å². The number of ether oxygens (including phenoxy) is 1. The summed E-state index contributed by atoms with van der Waals surface area (Å²) in [4.78, 5) is 23.8. The number of amides is 1. The Kier molecular flexibility index (Phi) is 6.91. The molecule has 0 heterocycles. The molecule has 0 fully saturated rings. The molecular formula is C19H21NO5S. The predicted octanol–water partition coefficient (Wildman–Crippen LogP) is 3.06. The zero-order chi connectivity index (χ0) is 19.0. The molecule has 0 aliphatic carbocycles. The minimum Gasteiger partial charge on any atom is -0.462 e. The second-order valence-electron chi connectivity index (χ2n) is 5.58. The Morgan fingerprint density at radius 1 is 1.00 bits per heavy atom. The SMILES string of the molecule is CCOC(=O)c1ccc(NC(=O)CCCS(=O)(=O)c2ccccc2)cc1. The van der Waals surface area contributed by atoms with Crippen LogP contribution in [0.2, 0.25) is 0 Å². The molecule has 0 aromatic heterocycles. The number of hydrogen-bond acceptors (Lipinski definition) is 5. The van der Waals surface area contributed by atoms with Crippen LogP contribution in [-0.2, 0) is 19.4 Å². The van der Waals surface area contributed by atoms with Crippen LogP contribution in [0.25, 0.3) is 0 Å². The molecule has 0 aliphatic rings. The van der Waals surface area contributed by atoms with E-state index in [0.717, 1.165) is 0 Å². The molecule has 0 unspecified atom stereocenters. The van der Waals surface area contributed by atoms with Crippen LogP contribution in [0.4, 0.5) is 5.69 Å². The molecule has 1 N–H and O–H groups in total. The maximum absolute atomic E-state index is 12.2. The second kappa shape index (κ2) is 9.15. The number of benzene rings is 2. The molecule has 6 nitrogen and oxygen atoms in total. The van der Waals surface area contributed by atoms with Crippen LogP contribution >= 0.6 is 0 Å². The van der Waals surface area contributed by atoms with Gasteiger partial charge >= 0.3 is 5.97 Å². The summed E-state index contributed by atoms with van der Waals surface area (Å²) in [5.74, 6) is -0.791. The molecule has 0 radical (unpaired) electrons. The van der Waals surface area contributed by atoms with Crippen molar-refractivity contribution in [1.82, 2.24) is 0 Å². The third kappa shape index (κ3) is 5.70. The van der Waals surface area contributed by atoms with E-state index in [1.54, 1.807) is 61.5 Å². The van der Waals surface area contributed by atoms with E-state index < -0.39 is 15.8 Å². The molecule has 0 spiro atoms. The fraction of sp³-hybridized carbons (Fsp3) is 0.263. The lowest BCUT2D eigenvalue weighted by Crippen LogP contribution is -2.14. The average Bonchev–Trinajstić information content (AvgIpc) is 2.63. The fourth-order valence-electron chi connectivity index (χ4n) is 2.30. The Morgan fingerprint density at radius 2 is 1.65 bits per heavy atom. The molecule has 0 atom stereocenters. The van der Waals surface area contributed by atoms with Crippen molar-refractivity contribution in [2.24, 2.45) is 0 Å². The summed E-state index contributed by atoms with van der Waals surface area (Å²) in [6.07, 6.45) is 0.315. The molecule has 0 saturated heterocycles. The zero-order valence-electron chi connectivity index (χ0n) is 14.5. The molecule has 2 aromatic carbocycles. The lowest BCUT2D eigenvalue weighted by molar-refractivity contribution is -0.116. The topological polar surface area (TPSA) is 89.5 Å². The highest BCUT2D eigenvalue weighted by Gasteiger charge is 2.14. The minimum absolute atomic E-state index is 0.0890. The summed E-state index contributed by atoms with van der Waals surface area (Å²) in [5.41, 5.74) is 0.938. The van der Waals surface area contributed by atoms with Crippen LogP contribution in [0.1, 0.15) is 30.1 Å². The van der Waals surface area contributed by atoms with Crippen molar-refractivity contribution in [2.75, 3.05) is 17.7 Å². The number of esters is 1. The molecule has 0 saturated carbocycles. The first-order chi connectivity index (χ1) is 12.4. The van der Waals surface area contributed by atoms with Crippen molar-refractivity contribution in [1.29, 1.82) is 0 Å². The van der Waals surface area contributed by atoms with E-state index in [9.17, 15) is 18.0 Å². The van der Waals surface area contributed by atoms with E-state index in [2.05, 4.69) is 5.32 Å². The number of anilines is 1. The Bertz CT molecular complexity index is 845. The van der Waals surface area contributed by atoms with Crippen LogP contribution in [-0.4, -0.2) is 32.7 Å². The van der Waals surface area contributed by atoms with Gasteiger partial charge in [0.25, 0.3) is 0 Å². The van der Waals surface area contributed by atoms with Crippen molar-refractivity contribution in [3.63, 3.8) is 0 Å². The lowest BCUT2D eigenvalue weighted by Gasteiger charge is -2.07. The summed E-state index contributed by atoms with van der Waals surface area (Å²) in [5, 5.41) is 2.68. The standard InChI is InChI=1S/C19H21NO5S/c1-2-25-19(22)15-10-12-16(13-11-15)20-18(21)9-6-14-26(23,24)17-7-4-3-5-8-17/h3-5,7-8,10-13H,2,6,9,14H2,1H3,(H,20,21). The quantitative estimate of drug-likeness (QED) is 0.716. The smallest absolute Gasteiger partial charge is 0.338 e. The molecule has 2 rings (SSSR count). The number of carbonyl (C=O) groups excluding carboxylic acids is 2. The second-order valence-corrected chi connectivity index (χ2v) is 7.69. The van der Waals surface area contributed by atoms with Gasteiger partial charge < -0.3 is 10.1 Å². The largest absolute Gasteiger partial charge is 0.462 e. The van der Waals surface area contributed by atoms with E-state index in [1.165, 1.54) is 0 Å². The predicted molar refractivity (Wildman–Crippen MR) is 98.8 cm³/mol. The molecule has 0 aliphatic heterocycles. The number of rotatable bonds is 8. The normalized spacial score (nSPS) is 11.0. The molecule has 138 valence electrons. The van der Waals surface area contributed by atoms with Crippen LogP contribution in [0, 0.1) is 0 Å². The summed E-state index contributed by atoms with van der Waals surface area (Å²) < 4.78 is 29.2. The van der Waals surface area contributed by atoms with Gasteiger partial charge in [-0.1, -0.05) is 18.2 Å². The van der Waals surface area contributed by atoms with Crippen LogP contribution < -0.4 is 5.32 Å². The highest BCUT2D eigenvalue weighted by atomic mass is 32.2. The molecular weight excluding hydrogens is 354 g/mol. The minimum atomic E-state index is -3.38. The highest BCUT2D eigenvalue weighted by molar-refractivity contribution is 7.91. The van der Waals surface area contributed by atoms with Crippen molar-refractivity contribution in [3.05, 3.63) is 60.2 Å². The summed E-state index contributed by atoms with van der Waals surface area (Å²) in [6, 6.07) is 14.5. The Labute approximate surface area is 153 Å². The Hall–Kier alpha value is -2.67. The van der Waals surface area contributed by atoms with E-state index >= 15 is 0 Å². The van der Waals surface area contributed by atoms with Crippen molar-refractivity contribution in [3.8, 4) is 0 Å². The maximum Gasteiger partial charge on any atom is 0.338 e. The molecule has 0 bridgehead atoms. The van der Waals surface area contributed by atoms with Gasteiger partial charge in [-0.3, -0.25) is 4.79 Å². The van der Waals surface area contributed by atoms with Gasteiger partial charge in [-0.15, -0.1) is 0 Å². The highest BCUT2D eigenvalue weighted by Crippen LogP contribution is 2.14. The van der Waals surface area contributed by atoms with Crippen molar-refractivity contribution >= 4 is 27.4 Å². The monoisotopic (exact) mass is 375 g/mol. The third-order valence-electron chi connectivity index (χ3n) is 3.60.